The number of carbonyl (C=O) groups is 1. The molecule has 0 rings (SSSR count). The largest absolute Gasteiger partial charge is 0.481 e. The minimum atomic E-state index is -0.700. The van der Waals surface area contributed by atoms with Crippen molar-refractivity contribution in [3.8, 4) is 0 Å². The number of carboxylic acid groups (broad SMARTS) is 1. The van der Waals surface area contributed by atoms with Gasteiger partial charge in [-0.25, -0.2) is 0 Å². The number of aliphatic carboxylic acids is 1. The van der Waals surface area contributed by atoms with Crippen molar-refractivity contribution < 1.29 is 14.6 Å². The van der Waals surface area contributed by atoms with E-state index in [2.05, 4.69) is 13.8 Å². The average molecular weight is 385 g/mol. The van der Waals surface area contributed by atoms with Gasteiger partial charge in [-0.2, -0.15) is 0 Å². The van der Waals surface area contributed by atoms with Crippen LogP contribution in [0.5, 0.6) is 0 Å². The van der Waals surface area contributed by atoms with Crippen molar-refractivity contribution in [2.24, 2.45) is 5.92 Å². The monoisotopic (exact) mass is 384 g/mol. The number of hydrogen-bond donors (Lipinski definition) is 1. The van der Waals surface area contributed by atoms with Gasteiger partial charge in [0.15, 0.2) is 0 Å². The fourth-order valence-electron chi connectivity index (χ4n) is 3.65. The van der Waals surface area contributed by atoms with Crippen molar-refractivity contribution in [1.29, 1.82) is 0 Å². The zero-order valence-corrected chi connectivity index (χ0v) is 18.6. The molecule has 0 aromatic carbocycles. The van der Waals surface area contributed by atoms with Gasteiger partial charge in [0.05, 0.1) is 12.0 Å². The van der Waals surface area contributed by atoms with Crippen LogP contribution in [0.1, 0.15) is 130 Å². The van der Waals surface area contributed by atoms with Crippen molar-refractivity contribution >= 4 is 5.97 Å². The van der Waals surface area contributed by atoms with E-state index in [1.165, 1.54) is 77.0 Å². The second-order valence-corrected chi connectivity index (χ2v) is 8.26. The molecule has 0 aromatic rings. The molecular formula is C24H48O3. The van der Waals surface area contributed by atoms with Crippen LogP contribution >= 0.6 is 0 Å². The predicted molar refractivity (Wildman–Crippen MR) is 116 cm³/mol. The van der Waals surface area contributed by atoms with E-state index in [9.17, 15) is 9.90 Å². The summed E-state index contributed by atoms with van der Waals surface area (Å²) < 4.78 is 5.69. The van der Waals surface area contributed by atoms with E-state index in [0.717, 1.165) is 32.1 Å². The minimum absolute atomic E-state index is 0.170. The Kier molecular flexibility index (Phi) is 19.7. The predicted octanol–water partition coefficient (Wildman–Crippen LogP) is 7.76. The molecule has 0 fully saturated rings. The molecule has 0 heterocycles. The van der Waals surface area contributed by atoms with Crippen LogP contribution in [0.15, 0.2) is 0 Å². The van der Waals surface area contributed by atoms with Crippen LogP contribution in [0, 0.1) is 5.92 Å². The molecule has 0 amide bonds. The maximum absolute atomic E-state index is 11.5. The molecule has 0 spiro atoms. The van der Waals surface area contributed by atoms with Crippen molar-refractivity contribution in [2.75, 3.05) is 6.61 Å². The van der Waals surface area contributed by atoms with Gasteiger partial charge in [-0.15, -0.1) is 0 Å². The molecule has 2 atom stereocenters. The maximum Gasteiger partial charge on any atom is 0.309 e. The molecule has 3 heteroatoms. The van der Waals surface area contributed by atoms with Gasteiger partial charge < -0.3 is 9.84 Å². The minimum Gasteiger partial charge on any atom is -0.481 e. The third kappa shape index (κ3) is 17.3. The second-order valence-electron chi connectivity index (χ2n) is 8.26. The molecular weight excluding hydrogens is 336 g/mol. The van der Waals surface area contributed by atoms with E-state index in [-0.39, 0.29) is 12.0 Å². The second kappa shape index (κ2) is 20.2. The highest BCUT2D eigenvalue weighted by Crippen LogP contribution is 2.19. The Labute approximate surface area is 169 Å². The Hall–Kier alpha value is -0.570. The van der Waals surface area contributed by atoms with Crippen LogP contribution in [0.2, 0.25) is 0 Å². The van der Waals surface area contributed by atoms with Crippen LogP contribution in [0.3, 0.4) is 0 Å². The van der Waals surface area contributed by atoms with E-state index in [4.69, 9.17) is 4.74 Å². The van der Waals surface area contributed by atoms with Gasteiger partial charge in [0.2, 0.25) is 0 Å². The zero-order valence-electron chi connectivity index (χ0n) is 18.6. The smallest absolute Gasteiger partial charge is 0.309 e. The molecule has 0 saturated heterocycles. The lowest BCUT2D eigenvalue weighted by Crippen LogP contribution is -2.28. The Morgan fingerprint density at radius 1 is 0.704 bits per heavy atom. The summed E-state index contributed by atoms with van der Waals surface area (Å²) in [6.45, 7) is 6.99. The summed E-state index contributed by atoms with van der Waals surface area (Å²) in [5.74, 6) is -1.05. The molecule has 0 aliphatic rings. The molecule has 162 valence electrons. The normalized spacial score (nSPS) is 13.6. The average Bonchev–Trinajstić information content (AvgIpc) is 2.64. The first kappa shape index (κ1) is 26.4. The van der Waals surface area contributed by atoms with Crippen molar-refractivity contribution in [1.82, 2.24) is 0 Å². The molecule has 0 aliphatic heterocycles. The highest BCUT2D eigenvalue weighted by molar-refractivity contribution is 5.70. The van der Waals surface area contributed by atoms with Crippen molar-refractivity contribution in [3.05, 3.63) is 0 Å². The van der Waals surface area contributed by atoms with Crippen LogP contribution in [-0.4, -0.2) is 23.8 Å². The SMILES string of the molecule is CCCCCCCCCCCCCCCCC(C(=O)O)C(C)OCCCC. The topological polar surface area (TPSA) is 46.5 Å². The third-order valence-electron chi connectivity index (χ3n) is 5.63. The summed E-state index contributed by atoms with van der Waals surface area (Å²) in [6.07, 6.45) is 21.3. The Balaban J connectivity index is 3.48. The standard InChI is InChI=1S/C24H48O3/c1-4-6-8-9-10-11-12-13-14-15-16-17-18-19-20-23(24(25)26)22(3)27-21-7-5-2/h22-23H,4-21H2,1-3H3,(H,25,26). The number of carboxylic acids is 1. The molecule has 3 nitrogen and oxygen atoms in total. The highest BCUT2D eigenvalue weighted by atomic mass is 16.5. The van der Waals surface area contributed by atoms with Crippen molar-refractivity contribution in [2.45, 2.75) is 136 Å². The Bertz CT molecular complexity index is 317. The highest BCUT2D eigenvalue weighted by Gasteiger charge is 2.24. The third-order valence-corrected chi connectivity index (χ3v) is 5.63. The summed E-state index contributed by atoms with van der Waals surface area (Å²) in [5.41, 5.74) is 0. The Morgan fingerprint density at radius 2 is 1.11 bits per heavy atom. The fraction of sp³-hybridized carbons (Fsp3) is 0.958. The zero-order chi connectivity index (χ0) is 20.2. The molecule has 0 bridgehead atoms. The molecule has 2 unspecified atom stereocenters. The van der Waals surface area contributed by atoms with Gasteiger partial charge in [-0.05, 0) is 19.8 Å². The lowest BCUT2D eigenvalue weighted by atomic mass is 9.95. The van der Waals surface area contributed by atoms with E-state index >= 15 is 0 Å². The number of rotatable bonds is 21. The van der Waals surface area contributed by atoms with E-state index in [0.29, 0.717) is 6.61 Å². The molecule has 27 heavy (non-hydrogen) atoms. The first-order valence-corrected chi connectivity index (χ1v) is 12.0. The van der Waals surface area contributed by atoms with Crippen LogP contribution in [0.25, 0.3) is 0 Å². The van der Waals surface area contributed by atoms with E-state index in [1.54, 1.807) is 0 Å². The van der Waals surface area contributed by atoms with Gasteiger partial charge in [-0.3, -0.25) is 4.79 Å². The molecule has 1 N–H and O–H groups in total. The fourth-order valence-corrected chi connectivity index (χ4v) is 3.65. The van der Waals surface area contributed by atoms with Crippen LogP contribution in [-0.2, 0) is 9.53 Å². The summed E-state index contributed by atoms with van der Waals surface area (Å²) in [7, 11) is 0. The number of unbranched alkanes of at least 4 members (excludes halogenated alkanes) is 14. The van der Waals surface area contributed by atoms with Crippen LogP contribution < -0.4 is 0 Å². The number of ether oxygens (including phenoxy) is 1. The number of hydrogen-bond acceptors (Lipinski definition) is 2. The van der Waals surface area contributed by atoms with Crippen LogP contribution in [0.4, 0.5) is 0 Å². The summed E-state index contributed by atoms with van der Waals surface area (Å²) in [4.78, 5) is 11.5. The maximum atomic E-state index is 11.5. The quantitative estimate of drug-likeness (QED) is 0.206. The lowest BCUT2D eigenvalue weighted by molar-refractivity contribution is -0.147. The van der Waals surface area contributed by atoms with Gasteiger partial charge in [0, 0.05) is 6.61 Å². The lowest BCUT2D eigenvalue weighted by Gasteiger charge is -2.20. The van der Waals surface area contributed by atoms with E-state index in [1.807, 2.05) is 6.92 Å². The van der Waals surface area contributed by atoms with Gasteiger partial charge in [0.25, 0.3) is 0 Å². The van der Waals surface area contributed by atoms with Crippen molar-refractivity contribution in [3.63, 3.8) is 0 Å². The summed E-state index contributed by atoms with van der Waals surface area (Å²) in [6, 6.07) is 0. The first-order valence-electron chi connectivity index (χ1n) is 12.0. The van der Waals surface area contributed by atoms with Gasteiger partial charge in [-0.1, -0.05) is 110 Å². The van der Waals surface area contributed by atoms with Gasteiger partial charge in [0.1, 0.15) is 0 Å². The molecule has 0 radical (unpaired) electrons. The Morgan fingerprint density at radius 3 is 1.52 bits per heavy atom. The van der Waals surface area contributed by atoms with E-state index < -0.39 is 5.97 Å². The van der Waals surface area contributed by atoms with Gasteiger partial charge >= 0.3 is 5.97 Å². The molecule has 0 saturated carbocycles. The molecule has 0 aromatic heterocycles. The molecule has 0 aliphatic carbocycles. The summed E-state index contributed by atoms with van der Waals surface area (Å²) >= 11 is 0. The summed E-state index contributed by atoms with van der Waals surface area (Å²) in [5, 5.41) is 9.42. The first-order chi connectivity index (χ1) is 13.1.